The molecule has 1 heterocycles. The molecule has 0 amide bonds. The predicted molar refractivity (Wildman–Crippen MR) is 79.0 cm³/mol. The van der Waals surface area contributed by atoms with E-state index >= 15 is 0 Å². The molecule has 0 aliphatic heterocycles. The molecule has 0 aliphatic carbocycles. The highest BCUT2D eigenvalue weighted by Crippen LogP contribution is 2.29. The zero-order valence-corrected chi connectivity index (χ0v) is 11.9. The zero-order chi connectivity index (χ0) is 12.3. The first-order chi connectivity index (χ1) is 8.24. The van der Waals surface area contributed by atoms with Crippen LogP contribution in [0.5, 0.6) is 0 Å². The highest BCUT2D eigenvalue weighted by atomic mass is 32.1. The molecule has 1 aromatic carbocycles. The van der Waals surface area contributed by atoms with Crippen LogP contribution >= 0.6 is 24.0 Å². The average molecular weight is 263 g/mol. The first-order valence-electron chi connectivity index (χ1n) is 5.91. The summed E-state index contributed by atoms with van der Waals surface area (Å²) in [6.07, 6.45) is 2.19. The summed E-state index contributed by atoms with van der Waals surface area (Å²) < 4.78 is 0. The lowest BCUT2D eigenvalue weighted by molar-refractivity contribution is 0.884. The molecular weight excluding hydrogens is 246 g/mol. The monoisotopic (exact) mass is 263 g/mol. The summed E-state index contributed by atoms with van der Waals surface area (Å²) in [4.78, 5) is 6.05. The van der Waals surface area contributed by atoms with Crippen LogP contribution in [0.1, 0.15) is 29.5 Å². The highest BCUT2D eigenvalue weighted by molar-refractivity contribution is 7.79. The molecule has 0 bridgehead atoms. The normalized spacial score (nSPS) is 10.8. The third-order valence-corrected chi connectivity index (χ3v) is 4.38. The number of rotatable bonds is 4. The second kappa shape index (κ2) is 5.69. The molecule has 1 aromatic heterocycles. The quantitative estimate of drug-likeness (QED) is 0.801. The fourth-order valence-corrected chi connectivity index (χ4v) is 3.11. The van der Waals surface area contributed by atoms with Crippen LogP contribution in [0.15, 0.2) is 24.3 Å². The van der Waals surface area contributed by atoms with Crippen molar-refractivity contribution in [3.8, 4) is 10.6 Å². The largest absolute Gasteiger partial charge is 0.241 e. The van der Waals surface area contributed by atoms with E-state index in [1.807, 2.05) is 0 Å². The van der Waals surface area contributed by atoms with E-state index in [4.69, 9.17) is 4.98 Å². The van der Waals surface area contributed by atoms with E-state index in [2.05, 4.69) is 50.7 Å². The van der Waals surface area contributed by atoms with Crippen LogP contribution in [0.25, 0.3) is 10.6 Å². The lowest BCUT2D eigenvalue weighted by atomic mass is 10.1. The van der Waals surface area contributed by atoms with E-state index in [-0.39, 0.29) is 0 Å². The summed E-state index contributed by atoms with van der Waals surface area (Å²) in [5.74, 6) is 0.791. The van der Waals surface area contributed by atoms with Crippen LogP contribution in [0, 0.1) is 6.92 Å². The summed E-state index contributed by atoms with van der Waals surface area (Å²) in [5, 5.41) is 1.12. The Morgan fingerprint density at radius 2 is 1.94 bits per heavy atom. The Morgan fingerprint density at radius 3 is 2.53 bits per heavy atom. The molecule has 90 valence electrons. The first kappa shape index (κ1) is 12.7. The van der Waals surface area contributed by atoms with Gasteiger partial charge in [0.1, 0.15) is 5.01 Å². The van der Waals surface area contributed by atoms with E-state index in [9.17, 15) is 0 Å². The minimum absolute atomic E-state index is 0.791. The molecular formula is C14H17NS2. The molecule has 0 fully saturated rings. The molecule has 3 heteroatoms. The molecule has 0 atom stereocenters. The summed E-state index contributed by atoms with van der Waals surface area (Å²) in [7, 11) is 0. The molecule has 0 aliphatic rings. The van der Waals surface area contributed by atoms with Gasteiger partial charge in [-0.15, -0.1) is 11.3 Å². The number of benzene rings is 1. The van der Waals surface area contributed by atoms with Crippen LogP contribution in [-0.2, 0) is 12.2 Å². The van der Waals surface area contributed by atoms with Crippen molar-refractivity contribution in [1.82, 2.24) is 4.98 Å². The van der Waals surface area contributed by atoms with Crippen molar-refractivity contribution in [2.75, 3.05) is 0 Å². The molecule has 0 N–H and O–H groups in total. The fraction of sp³-hybridized carbons (Fsp3) is 0.357. The SMILES string of the molecule is CCCc1nc(-c2ccc(C)cc2)sc1CS. The van der Waals surface area contributed by atoms with Crippen molar-refractivity contribution >= 4 is 24.0 Å². The van der Waals surface area contributed by atoms with Gasteiger partial charge in [0.25, 0.3) is 0 Å². The number of thiol groups is 1. The molecule has 0 radical (unpaired) electrons. The number of hydrogen-bond acceptors (Lipinski definition) is 3. The Bertz CT molecular complexity index is 485. The standard InChI is InChI=1S/C14H17NS2/c1-3-4-12-13(9-16)17-14(15-12)11-7-5-10(2)6-8-11/h5-8,16H,3-4,9H2,1-2H3. The van der Waals surface area contributed by atoms with E-state index < -0.39 is 0 Å². The second-order valence-corrected chi connectivity index (χ2v) is 5.56. The molecule has 0 saturated carbocycles. The van der Waals surface area contributed by atoms with E-state index in [0.717, 1.165) is 23.6 Å². The molecule has 0 spiro atoms. The maximum atomic E-state index is 4.74. The third kappa shape index (κ3) is 2.90. The second-order valence-electron chi connectivity index (χ2n) is 4.16. The average Bonchev–Trinajstić information content (AvgIpc) is 2.74. The Labute approximate surface area is 112 Å². The van der Waals surface area contributed by atoms with Crippen LogP contribution in [0.2, 0.25) is 0 Å². The van der Waals surface area contributed by atoms with Crippen LogP contribution < -0.4 is 0 Å². The Kier molecular flexibility index (Phi) is 4.24. The summed E-state index contributed by atoms with van der Waals surface area (Å²) >= 11 is 6.16. The summed E-state index contributed by atoms with van der Waals surface area (Å²) in [6, 6.07) is 8.56. The van der Waals surface area contributed by atoms with E-state index in [1.54, 1.807) is 11.3 Å². The molecule has 2 rings (SSSR count). The molecule has 0 saturated heterocycles. The predicted octanol–water partition coefficient (Wildman–Crippen LogP) is 4.50. The summed E-state index contributed by atoms with van der Waals surface area (Å²) in [5.41, 5.74) is 3.72. The molecule has 17 heavy (non-hydrogen) atoms. The van der Waals surface area contributed by atoms with Gasteiger partial charge in [-0.3, -0.25) is 0 Å². The van der Waals surface area contributed by atoms with Crippen molar-refractivity contribution in [2.45, 2.75) is 32.4 Å². The lowest BCUT2D eigenvalue weighted by Gasteiger charge is -1.96. The van der Waals surface area contributed by atoms with E-state index in [0.29, 0.717) is 0 Å². The smallest absolute Gasteiger partial charge is 0.123 e. The third-order valence-electron chi connectivity index (χ3n) is 2.71. The van der Waals surface area contributed by atoms with Gasteiger partial charge in [0.2, 0.25) is 0 Å². The topological polar surface area (TPSA) is 12.9 Å². The van der Waals surface area contributed by atoms with Gasteiger partial charge in [-0.25, -0.2) is 4.98 Å². The number of aromatic nitrogens is 1. The van der Waals surface area contributed by atoms with Gasteiger partial charge < -0.3 is 0 Å². The number of thiazole rings is 1. The van der Waals surface area contributed by atoms with Gasteiger partial charge >= 0.3 is 0 Å². The van der Waals surface area contributed by atoms with Crippen LogP contribution in [-0.4, -0.2) is 4.98 Å². The van der Waals surface area contributed by atoms with E-state index in [1.165, 1.54) is 21.7 Å². The van der Waals surface area contributed by atoms with Crippen LogP contribution in [0.4, 0.5) is 0 Å². The first-order valence-corrected chi connectivity index (χ1v) is 7.36. The Hall–Kier alpha value is -0.800. The minimum Gasteiger partial charge on any atom is -0.241 e. The van der Waals surface area contributed by atoms with Crippen molar-refractivity contribution in [2.24, 2.45) is 0 Å². The minimum atomic E-state index is 0.791. The van der Waals surface area contributed by atoms with Crippen molar-refractivity contribution in [3.05, 3.63) is 40.4 Å². The molecule has 0 unspecified atom stereocenters. The number of hydrogen-bond donors (Lipinski definition) is 1. The van der Waals surface area contributed by atoms with Gasteiger partial charge in [-0.1, -0.05) is 43.2 Å². The lowest BCUT2D eigenvalue weighted by Crippen LogP contribution is -1.87. The maximum absolute atomic E-state index is 4.74. The zero-order valence-electron chi connectivity index (χ0n) is 10.2. The molecule has 1 nitrogen and oxygen atoms in total. The van der Waals surface area contributed by atoms with Gasteiger partial charge in [0.15, 0.2) is 0 Å². The highest BCUT2D eigenvalue weighted by Gasteiger charge is 2.10. The van der Waals surface area contributed by atoms with Crippen LogP contribution in [0.3, 0.4) is 0 Å². The molecule has 2 aromatic rings. The van der Waals surface area contributed by atoms with Gasteiger partial charge in [-0.2, -0.15) is 12.6 Å². The number of nitrogens with zero attached hydrogens (tertiary/aromatic N) is 1. The Balaban J connectivity index is 2.35. The van der Waals surface area contributed by atoms with Crippen molar-refractivity contribution < 1.29 is 0 Å². The van der Waals surface area contributed by atoms with Gasteiger partial charge in [0, 0.05) is 16.2 Å². The van der Waals surface area contributed by atoms with Crippen molar-refractivity contribution in [3.63, 3.8) is 0 Å². The maximum Gasteiger partial charge on any atom is 0.123 e. The Morgan fingerprint density at radius 1 is 1.24 bits per heavy atom. The van der Waals surface area contributed by atoms with Gasteiger partial charge in [-0.05, 0) is 13.3 Å². The fourth-order valence-electron chi connectivity index (χ4n) is 1.76. The van der Waals surface area contributed by atoms with Crippen molar-refractivity contribution in [1.29, 1.82) is 0 Å². The van der Waals surface area contributed by atoms with Gasteiger partial charge in [0.05, 0.1) is 5.69 Å². The number of aryl methyl sites for hydroxylation is 2. The summed E-state index contributed by atoms with van der Waals surface area (Å²) in [6.45, 7) is 4.29.